The quantitative estimate of drug-likeness (QED) is 0.735. The van der Waals surface area contributed by atoms with Crippen LogP contribution in [0.1, 0.15) is 36.2 Å². The lowest BCUT2D eigenvalue weighted by molar-refractivity contribution is 1.06. The molecule has 0 bridgehead atoms. The molecule has 0 N–H and O–H groups in total. The Balaban J connectivity index is 2.89. The zero-order chi connectivity index (χ0) is 11.7. The lowest BCUT2D eigenvalue weighted by atomic mass is 9.97. The van der Waals surface area contributed by atoms with E-state index in [9.17, 15) is 0 Å². The molecular formula is C15H19N. The van der Waals surface area contributed by atoms with E-state index in [1.165, 1.54) is 33.3 Å². The van der Waals surface area contributed by atoms with Gasteiger partial charge in [-0.25, -0.2) is 0 Å². The van der Waals surface area contributed by atoms with Gasteiger partial charge in [0, 0.05) is 11.1 Å². The maximum absolute atomic E-state index is 4.75. The molecule has 0 saturated carbocycles. The summed E-state index contributed by atoms with van der Waals surface area (Å²) in [5, 5.41) is 1.34. The zero-order valence-electron chi connectivity index (χ0n) is 10.6. The van der Waals surface area contributed by atoms with Gasteiger partial charge in [-0.1, -0.05) is 32.0 Å². The second-order valence-electron chi connectivity index (χ2n) is 4.32. The number of rotatable bonds is 2. The average Bonchev–Trinajstić information content (AvgIpc) is 2.30. The summed E-state index contributed by atoms with van der Waals surface area (Å²) in [7, 11) is 0. The Kier molecular flexibility index (Phi) is 2.95. The van der Waals surface area contributed by atoms with Crippen molar-refractivity contribution in [3.63, 3.8) is 0 Å². The van der Waals surface area contributed by atoms with Gasteiger partial charge in [-0.05, 0) is 43.4 Å². The molecule has 0 aliphatic carbocycles. The molecule has 1 nitrogen and oxygen atoms in total. The molecule has 1 heterocycles. The van der Waals surface area contributed by atoms with Gasteiger partial charge in [-0.2, -0.15) is 0 Å². The van der Waals surface area contributed by atoms with Crippen LogP contribution in [0.4, 0.5) is 0 Å². The second-order valence-corrected chi connectivity index (χ2v) is 4.32. The summed E-state index contributed by atoms with van der Waals surface area (Å²) < 4.78 is 0. The van der Waals surface area contributed by atoms with Crippen LogP contribution in [0.25, 0.3) is 10.9 Å². The Morgan fingerprint density at radius 3 is 2.44 bits per heavy atom. The molecule has 0 fully saturated rings. The summed E-state index contributed by atoms with van der Waals surface area (Å²) in [4.78, 5) is 4.75. The molecule has 0 aliphatic rings. The van der Waals surface area contributed by atoms with Gasteiger partial charge in [0.25, 0.3) is 0 Å². The molecular weight excluding hydrogens is 194 g/mol. The monoisotopic (exact) mass is 213 g/mol. The lowest BCUT2D eigenvalue weighted by Gasteiger charge is -2.12. The highest BCUT2D eigenvalue weighted by atomic mass is 14.7. The largest absolute Gasteiger partial charge is 0.253 e. The predicted molar refractivity (Wildman–Crippen MR) is 70.0 cm³/mol. The summed E-state index contributed by atoms with van der Waals surface area (Å²) in [5.74, 6) is 0. The number of para-hydroxylation sites is 1. The summed E-state index contributed by atoms with van der Waals surface area (Å²) >= 11 is 0. The number of aromatic nitrogens is 1. The van der Waals surface area contributed by atoms with E-state index in [4.69, 9.17) is 4.98 Å². The van der Waals surface area contributed by atoms with Crippen molar-refractivity contribution in [2.75, 3.05) is 0 Å². The number of hydrogen-bond donors (Lipinski definition) is 0. The molecule has 2 aromatic rings. The summed E-state index contributed by atoms with van der Waals surface area (Å²) in [6, 6.07) is 6.53. The van der Waals surface area contributed by atoms with E-state index >= 15 is 0 Å². The first-order valence-electron chi connectivity index (χ1n) is 6.06. The molecule has 16 heavy (non-hydrogen) atoms. The maximum atomic E-state index is 4.75. The molecule has 1 heteroatoms. The highest BCUT2D eigenvalue weighted by Gasteiger charge is 2.09. The van der Waals surface area contributed by atoms with Crippen LogP contribution in [0.15, 0.2) is 18.2 Å². The van der Waals surface area contributed by atoms with Crippen LogP contribution < -0.4 is 0 Å². The summed E-state index contributed by atoms with van der Waals surface area (Å²) in [6.45, 7) is 8.71. The minimum absolute atomic E-state index is 1.05. The van der Waals surface area contributed by atoms with Crippen molar-refractivity contribution in [3.05, 3.63) is 40.6 Å². The Bertz CT molecular complexity index is 526. The van der Waals surface area contributed by atoms with Crippen molar-refractivity contribution in [1.82, 2.24) is 4.98 Å². The molecule has 0 spiro atoms. The molecule has 0 amide bonds. The van der Waals surface area contributed by atoms with E-state index in [2.05, 4.69) is 45.9 Å². The number of pyridine rings is 1. The van der Waals surface area contributed by atoms with Crippen LogP contribution in [0.5, 0.6) is 0 Å². The third-order valence-electron chi connectivity index (χ3n) is 3.45. The number of benzene rings is 1. The number of hydrogen-bond acceptors (Lipinski definition) is 1. The van der Waals surface area contributed by atoms with Crippen LogP contribution in [-0.4, -0.2) is 4.98 Å². The number of fused-ring (bicyclic) bond motifs is 1. The van der Waals surface area contributed by atoms with Crippen LogP contribution in [-0.2, 0) is 12.8 Å². The standard InChI is InChI=1S/C15H19N/c1-5-12-8-7-9-14-13(6-2)10(3)11(4)16-15(12)14/h7-9H,5-6H2,1-4H3. The van der Waals surface area contributed by atoms with Crippen molar-refractivity contribution in [2.24, 2.45) is 0 Å². The molecule has 0 aliphatic heterocycles. The fourth-order valence-corrected chi connectivity index (χ4v) is 2.38. The molecule has 1 aromatic heterocycles. The second kappa shape index (κ2) is 4.25. The molecule has 2 rings (SSSR count). The van der Waals surface area contributed by atoms with Gasteiger partial charge in [-0.15, -0.1) is 0 Å². The Morgan fingerprint density at radius 1 is 1.06 bits per heavy atom. The topological polar surface area (TPSA) is 12.9 Å². The van der Waals surface area contributed by atoms with E-state index in [0.717, 1.165) is 12.8 Å². The average molecular weight is 213 g/mol. The minimum atomic E-state index is 1.05. The van der Waals surface area contributed by atoms with E-state index in [1.54, 1.807) is 0 Å². The summed E-state index contributed by atoms with van der Waals surface area (Å²) in [6.07, 6.45) is 2.13. The van der Waals surface area contributed by atoms with Crippen molar-refractivity contribution in [1.29, 1.82) is 0 Å². The normalized spacial score (nSPS) is 11.0. The number of nitrogens with zero attached hydrogens (tertiary/aromatic N) is 1. The van der Waals surface area contributed by atoms with Crippen molar-refractivity contribution in [2.45, 2.75) is 40.5 Å². The number of aryl methyl sites for hydroxylation is 3. The van der Waals surface area contributed by atoms with Gasteiger partial charge >= 0.3 is 0 Å². The van der Waals surface area contributed by atoms with E-state index in [-0.39, 0.29) is 0 Å². The summed E-state index contributed by atoms with van der Waals surface area (Å²) in [5.41, 5.74) is 6.53. The Labute approximate surface area is 97.5 Å². The van der Waals surface area contributed by atoms with Crippen LogP contribution >= 0.6 is 0 Å². The van der Waals surface area contributed by atoms with Crippen molar-refractivity contribution >= 4 is 10.9 Å². The molecule has 0 saturated heterocycles. The van der Waals surface area contributed by atoms with Crippen molar-refractivity contribution < 1.29 is 0 Å². The highest BCUT2D eigenvalue weighted by Crippen LogP contribution is 2.25. The van der Waals surface area contributed by atoms with Crippen molar-refractivity contribution in [3.8, 4) is 0 Å². The van der Waals surface area contributed by atoms with Gasteiger partial charge in [0.2, 0.25) is 0 Å². The van der Waals surface area contributed by atoms with E-state index in [1.807, 2.05) is 0 Å². The highest BCUT2D eigenvalue weighted by molar-refractivity contribution is 5.86. The third-order valence-corrected chi connectivity index (χ3v) is 3.45. The molecule has 0 unspecified atom stereocenters. The fraction of sp³-hybridized carbons (Fsp3) is 0.400. The van der Waals surface area contributed by atoms with Gasteiger partial charge in [0.05, 0.1) is 5.52 Å². The Hall–Kier alpha value is -1.37. The van der Waals surface area contributed by atoms with E-state index < -0.39 is 0 Å². The van der Waals surface area contributed by atoms with Gasteiger partial charge < -0.3 is 0 Å². The Morgan fingerprint density at radius 2 is 1.81 bits per heavy atom. The lowest BCUT2D eigenvalue weighted by Crippen LogP contribution is -1.98. The molecule has 1 aromatic carbocycles. The third kappa shape index (κ3) is 1.60. The first kappa shape index (κ1) is 11.1. The maximum Gasteiger partial charge on any atom is 0.0739 e. The smallest absolute Gasteiger partial charge is 0.0739 e. The first-order valence-corrected chi connectivity index (χ1v) is 6.06. The first-order chi connectivity index (χ1) is 7.69. The fourth-order valence-electron chi connectivity index (χ4n) is 2.38. The van der Waals surface area contributed by atoms with Gasteiger partial charge in [0.15, 0.2) is 0 Å². The van der Waals surface area contributed by atoms with Crippen LogP contribution in [0, 0.1) is 13.8 Å². The SMILES string of the molecule is CCc1c(C)c(C)nc2c(CC)cccc12. The van der Waals surface area contributed by atoms with Gasteiger partial charge in [0.1, 0.15) is 0 Å². The molecule has 0 atom stereocenters. The van der Waals surface area contributed by atoms with Gasteiger partial charge in [-0.3, -0.25) is 4.98 Å². The minimum Gasteiger partial charge on any atom is -0.253 e. The molecule has 84 valence electrons. The zero-order valence-corrected chi connectivity index (χ0v) is 10.6. The van der Waals surface area contributed by atoms with E-state index in [0.29, 0.717) is 0 Å². The van der Waals surface area contributed by atoms with Crippen LogP contribution in [0.3, 0.4) is 0 Å². The van der Waals surface area contributed by atoms with Crippen LogP contribution in [0.2, 0.25) is 0 Å². The predicted octanol–water partition coefficient (Wildman–Crippen LogP) is 3.98. The molecule has 0 radical (unpaired) electrons.